The van der Waals surface area contributed by atoms with Gasteiger partial charge in [0, 0.05) is 5.56 Å². The van der Waals surface area contributed by atoms with Gasteiger partial charge in [0.15, 0.2) is 0 Å². The topological polar surface area (TPSA) is 9.23 Å². The average Bonchev–Trinajstić information content (AvgIpc) is 2.28. The van der Waals surface area contributed by atoms with Gasteiger partial charge in [0.25, 0.3) is 0 Å². The molecule has 17 heavy (non-hydrogen) atoms. The molecule has 1 nitrogen and oxygen atoms in total. The first-order chi connectivity index (χ1) is 7.90. The van der Waals surface area contributed by atoms with E-state index in [1.54, 1.807) is 6.08 Å². The quantitative estimate of drug-likeness (QED) is 0.306. The third kappa shape index (κ3) is 3.33. The molecular formula is C11H13Cl4OSi+. The lowest BCUT2D eigenvalue weighted by Gasteiger charge is -2.18. The van der Waals surface area contributed by atoms with Crippen molar-refractivity contribution < 1.29 is 5.85 Å². The Morgan fingerprint density at radius 1 is 1.12 bits per heavy atom. The Morgan fingerprint density at radius 3 is 2.12 bits per heavy atom. The van der Waals surface area contributed by atoms with E-state index in [4.69, 9.17) is 50.8 Å². The molecule has 0 saturated carbocycles. The maximum absolute atomic E-state index is 6.15. The third-order valence-electron chi connectivity index (χ3n) is 2.02. The molecule has 0 radical (unpaired) electrons. The highest BCUT2D eigenvalue weighted by molar-refractivity contribution is 6.53. The minimum atomic E-state index is -1.31. The molecule has 0 saturated heterocycles. The number of hydrogen-bond donors (Lipinski definition) is 0. The molecule has 0 atom stereocenters. The summed E-state index contributed by atoms with van der Waals surface area (Å²) in [5.74, 6) is 0.535. The molecule has 0 amide bonds. The van der Waals surface area contributed by atoms with Crippen LogP contribution in [0.5, 0.6) is 5.75 Å². The summed E-state index contributed by atoms with van der Waals surface area (Å²) < 4.78 is 5.78. The summed E-state index contributed by atoms with van der Waals surface area (Å²) in [5.41, 5.74) is 0.738. The molecule has 94 valence electrons. The Kier molecular flexibility index (Phi) is 5.67. The standard InChI is InChI=1S/C11H12Cl4OSi/c1-4-5-6-7(12)8(13)9(14)10(15)11(6)16-17(2)3/h4,17H,1,5H2,2-3H3/p+1. The first-order valence-corrected chi connectivity index (χ1v) is 9.31. The zero-order chi connectivity index (χ0) is 13.2. The molecule has 0 fully saturated rings. The lowest BCUT2D eigenvalue weighted by molar-refractivity contribution is 0.574. The summed E-state index contributed by atoms with van der Waals surface area (Å²) in [6, 6.07) is 0. The van der Waals surface area contributed by atoms with E-state index >= 15 is 0 Å². The number of rotatable bonds is 4. The van der Waals surface area contributed by atoms with Crippen molar-refractivity contribution in [2.24, 2.45) is 0 Å². The van der Waals surface area contributed by atoms with E-state index < -0.39 is 9.04 Å². The first-order valence-electron chi connectivity index (χ1n) is 5.02. The molecule has 0 bridgehead atoms. The van der Waals surface area contributed by atoms with Crippen LogP contribution in [-0.2, 0) is 6.42 Å². The maximum atomic E-state index is 6.15. The van der Waals surface area contributed by atoms with E-state index in [0.717, 1.165) is 5.56 Å². The minimum absolute atomic E-state index is 0. The van der Waals surface area contributed by atoms with E-state index in [2.05, 4.69) is 6.58 Å². The van der Waals surface area contributed by atoms with Crippen molar-refractivity contribution in [2.75, 3.05) is 0 Å². The predicted octanol–water partition coefficient (Wildman–Crippen LogP) is 5.50. The van der Waals surface area contributed by atoms with Crippen LogP contribution >= 0.6 is 46.4 Å². The lowest BCUT2D eigenvalue weighted by atomic mass is 10.1. The number of allylic oxidation sites excluding steroid dienone is 1. The predicted molar refractivity (Wildman–Crippen MR) is 81.0 cm³/mol. The zero-order valence-corrected chi connectivity index (χ0v) is 13.7. The fraction of sp³-hybridized carbons (Fsp3) is 0.273. The summed E-state index contributed by atoms with van der Waals surface area (Å²) in [7, 11) is -1.31. The average molecular weight is 331 g/mol. The van der Waals surface area contributed by atoms with Gasteiger partial charge < -0.3 is 4.43 Å². The number of benzene rings is 1. The van der Waals surface area contributed by atoms with Gasteiger partial charge in [-0.1, -0.05) is 52.5 Å². The van der Waals surface area contributed by atoms with Crippen LogP contribution in [0.25, 0.3) is 0 Å². The van der Waals surface area contributed by atoms with Crippen LogP contribution in [0.15, 0.2) is 12.7 Å². The van der Waals surface area contributed by atoms with Crippen LogP contribution in [-0.4, -0.2) is 9.04 Å². The van der Waals surface area contributed by atoms with Gasteiger partial charge in [-0.05, 0) is 19.5 Å². The van der Waals surface area contributed by atoms with Gasteiger partial charge in [-0.3, -0.25) is 0 Å². The fourth-order valence-corrected chi connectivity index (χ4v) is 3.14. The summed E-state index contributed by atoms with van der Waals surface area (Å²) in [6.07, 6.45) is 2.25. The molecule has 1 aromatic carbocycles. The summed E-state index contributed by atoms with van der Waals surface area (Å²) >= 11 is 24.3. The van der Waals surface area contributed by atoms with Crippen LogP contribution in [0.4, 0.5) is 0 Å². The van der Waals surface area contributed by atoms with Crippen molar-refractivity contribution in [3.8, 4) is 5.75 Å². The van der Waals surface area contributed by atoms with Gasteiger partial charge in [0.05, 0.1) is 15.1 Å². The normalized spacial score (nSPS) is 10.8. The van der Waals surface area contributed by atoms with Crippen molar-refractivity contribution in [3.63, 3.8) is 0 Å². The lowest BCUT2D eigenvalue weighted by Crippen LogP contribution is -2.13. The highest BCUT2D eigenvalue weighted by Gasteiger charge is 2.21. The van der Waals surface area contributed by atoms with Gasteiger partial charge in [0.2, 0.25) is 9.04 Å². The Balaban J connectivity index is 0.00000289. The van der Waals surface area contributed by atoms with Gasteiger partial charge >= 0.3 is 1.43 Å². The van der Waals surface area contributed by atoms with Crippen LogP contribution in [0.2, 0.25) is 33.2 Å². The van der Waals surface area contributed by atoms with Gasteiger partial charge in [0.1, 0.15) is 10.8 Å². The molecule has 6 heteroatoms. The van der Waals surface area contributed by atoms with Crippen LogP contribution in [0, 0.1) is 0 Å². The molecule has 0 N–H and O–H groups in total. The largest absolute Gasteiger partial charge is 1.00 e. The molecule has 0 aromatic heterocycles. The molecule has 0 spiro atoms. The first kappa shape index (κ1) is 15.2. The second-order valence-electron chi connectivity index (χ2n) is 3.72. The second-order valence-corrected chi connectivity index (χ2v) is 7.57. The van der Waals surface area contributed by atoms with Crippen LogP contribution < -0.4 is 4.43 Å². The number of halogens is 4. The number of hydrogen-bond acceptors (Lipinski definition) is 1. The monoisotopic (exact) mass is 329 g/mol. The van der Waals surface area contributed by atoms with Crippen molar-refractivity contribution in [1.82, 2.24) is 0 Å². The SMILES string of the molecule is C=CCc1c(Cl)c(Cl)c(Cl)c(Cl)c1O[SiH](C)C.[H+]. The molecule has 1 aromatic rings. The highest BCUT2D eigenvalue weighted by atomic mass is 35.5. The zero-order valence-electron chi connectivity index (χ0n) is 10.5. The van der Waals surface area contributed by atoms with Crippen molar-refractivity contribution in [2.45, 2.75) is 19.5 Å². The molecule has 0 aliphatic rings. The van der Waals surface area contributed by atoms with Gasteiger partial charge in [-0.2, -0.15) is 0 Å². The molecule has 0 unspecified atom stereocenters. The maximum Gasteiger partial charge on any atom is 1.00 e. The van der Waals surface area contributed by atoms with E-state index in [0.29, 0.717) is 22.2 Å². The van der Waals surface area contributed by atoms with Crippen LogP contribution in [0.1, 0.15) is 6.99 Å². The van der Waals surface area contributed by atoms with Crippen molar-refractivity contribution >= 4 is 55.4 Å². The molecule has 0 aliphatic carbocycles. The Bertz CT molecular complexity index is 451. The van der Waals surface area contributed by atoms with E-state index in [-0.39, 0.29) is 11.5 Å². The van der Waals surface area contributed by atoms with Crippen LogP contribution in [0.3, 0.4) is 0 Å². The minimum Gasteiger partial charge on any atom is -0.546 e. The van der Waals surface area contributed by atoms with E-state index in [1.807, 2.05) is 13.1 Å². The Labute approximate surface area is 124 Å². The molecule has 1 rings (SSSR count). The van der Waals surface area contributed by atoms with Gasteiger partial charge in [-0.25, -0.2) is 0 Å². The summed E-state index contributed by atoms with van der Waals surface area (Å²) in [4.78, 5) is 0. The van der Waals surface area contributed by atoms with Crippen molar-refractivity contribution in [3.05, 3.63) is 38.3 Å². The van der Waals surface area contributed by atoms with E-state index in [9.17, 15) is 0 Å². The Morgan fingerprint density at radius 2 is 1.65 bits per heavy atom. The second kappa shape index (κ2) is 6.35. The van der Waals surface area contributed by atoms with Gasteiger partial charge in [-0.15, -0.1) is 6.58 Å². The Hall–Kier alpha value is 0.137. The molecular weight excluding hydrogens is 318 g/mol. The summed E-state index contributed by atoms with van der Waals surface area (Å²) in [6.45, 7) is 7.74. The van der Waals surface area contributed by atoms with Crippen molar-refractivity contribution in [1.29, 1.82) is 0 Å². The molecule has 0 aliphatic heterocycles. The third-order valence-corrected chi connectivity index (χ3v) is 4.55. The summed E-state index contributed by atoms with van der Waals surface area (Å²) in [5, 5.41) is 1.19. The molecule has 0 heterocycles. The fourth-order valence-electron chi connectivity index (χ4n) is 1.34. The smallest absolute Gasteiger partial charge is 0.546 e. The van der Waals surface area contributed by atoms with E-state index in [1.165, 1.54) is 0 Å². The highest BCUT2D eigenvalue weighted by Crippen LogP contribution is 2.46.